The van der Waals surface area contributed by atoms with Crippen LogP contribution in [-0.4, -0.2) is 10.7 Å². The molecular weight excluding hydrogens is 160 g/mol. The van der Waals surface area contributed by atoms with Gasteiger partial charge in [0.2, 0.25) is 0 Å². The summed E-state index contributed by atoms with van der Waals surface area (Å²) in [5.41, 5.74) is 0.882. The van der Waals surface area contributed by atoms with Crippen molar-refractivity contribution in [2.75, 3.05) is 0 Å². The average Bonchev–Trinajstić information content (AvgIpc) is 2.09. The van der Waals surface area contributed by atoms with E-state index in [-0.39, 0.29) is 0 Å². The van der Waals surface area contributed by atoms with E-state index in [1.807, 2.05) is 0 Å². The molecule has 1 aliphatic carbocycles. The summed E-state index contributed by atoms with van der Waals surface area (Å²) < 4.78 is 0. The largest absolute Gasteiger partial charge is 0.389 e. The minimum atomic E-state index is -0.435. The normalized spacial score (nSPS) is 35.5. The number of rotatable bonds is 2. The molecule has 76 valence electrons. The third-order valence-corrected chi connectivity index (χ3v) is 3.61. The first-order chi connectivity index (χ1) is 6.00. The number of allylic oxidation sites excluding steroid dienone is 1. The third kappa shape index (κ3) is 1.96. The topological polar surface area (TPSA) is 20.2 Å². The Morgan fingerprint density at radius 2 is 2.23 bits per heavy atom. The van der Waals surface area contributed by atoms with E-state index in [0.717, 1.165) is 25.7 Å². The van der Waals surface area contributed by atoms with Gasteiger partial charge in [0.25, 0.3) is 0 Å². The molecule has 0 amide bonds. The van der Waals surface area contributed by atoms with Gasteiger partial charge >= 0.3 is 0 Å². The monoisotopic (exact) mass is 182 g/mol. The van der Waals surface area contributed by atoms with Gasteiger partial charge in [-0.15, -0.1) is 0 Å². The fourth-order valence-electron chi connectivity index (χ4n) is 2.47. The van der Waals surface area contributed by atoms with Gasteiger partial charge in [-0.05, 0) is 31.1 Å². The van der Waals surface area contributed by atoms with E-state index in [2.05, 4.69) is 27.4 Å². The molecule has 1 rings (SSSR count). The van der Waals surface area contributed by atoms with E-state index in [0.29, 0.717) is 11.8 Å². The highest BCUT2D eigenvalue weighted by Gasteiger charge is 2.41. The van der Waals surface area contributed by atoms with Crippen molar-refractivity contribution in [3.05, 3.63) is 12.2 Å². The molecule has 0 aromatic carbocycles. The van der Waals surface area contributed by atoms with Gasteiger partial charge in [0.15, 0.2) is 0 Å². The van der Waals surface area contributed by atoms with E-state index in [1.165, 1.54) is 5.57 Å². The van der Waals surface area contributed by atoms with Crippen LogP contribution >= 0.6 is 0 Å². The van der Waals surface area contributed by atoms with Crippen molar-refractivity contribution in [2.24, 2.45) is 11.8 Å². The molecule has 0 aromatic heterocycles. The van der Waals surface area contributed by atoms with Crippen LogP contribution in [0.3, 0.4) is 0 Å². The van der Waals surface area contributed by atoms with Crippen LogP contribution in [0.1, 0.15) is 46.5 Å². The van der Waals surface area contributed by atoms with Gasteiger partial charge in [-0.1, -0.05) is 39.3 Å². The highest BCUT2D eigenvalue weighted by molar-refractivity contribution is 5.07. The first-order valence-electron chi connectivity index (χ1n) is 5.39. The molecule has 0 aliphatic heterocycles. The van der Waals surface area contributed by atoms with Crippen molar-refractivity contribution in [3.63, 3.8) is 0 Å². The second kappa shape index (κ2) is 3.83. The van der Waals surface area contributed by atoms with Crippen LogP contribution in [0.15, 0.2) is 12.2 Å². The summed E-state index contributed by atoms with van der Waals surface area (Å²) in [4.78, 5) is 0. The van der Waals surface area contributed by atoms with E-state index >= 15 is 0 Å². The second-order valence-electron chi connectivity index (χ2n) is 4.71. The zero-order chi connectivity index (χ0) is 10.1. The molecule has 1 saturated carbocycles. The maximum Gasteiger partial charge on any atom is 0.0704 e. The molecule has 0 spiro atoms. The summed E-state index contributed by atoms with van der Waals surface area (Å²) in [5, 5.41) is 10.5. The Labute approximate surface area is 81.9 Å². The number of hydrogen-bond acceptors (Lipinski definition) is 1. The molecule has 0 heterocycles. The lowest BCUT2D eigenvalue weighted by atomic mass is 9.67. The van der Waals surface area contributed by atoms with Crippen LogP contribution in [-0.2, 0) is 0 Å². The molecule has 0 aromatic rings. The smallest absolute Gasteiger partial charge is 0.0704 e. The molecule has 0 saturated heterocycles. The molecule has 0 bridgehead atoms. The second-order valence-corrected chi connectivity index (χ2v) is 4.71. The summed E-state index contributed by atoms with van der Waals surface area (Å²) in [6, 6.07) is 0. The Hall–Kier alpha value is -0.300. The Morgan fingerprint density at radius 1 is 1.62 bits per heavy atom. The Bertz CT molecular complexity index is 195. The standard InChI is InChI=1S/C12H22O/c1-5-11-8-10(4)6-7-12(11,13)9(2)3/h9,11,13H,4-8H2,1-3H3. The first-order valence-corrected chi connectivity index (χ1v) is 5.39. The molecule has 1 nitrogen and oxygen atoms in total. The predicted octanol–water partition coefficient (Wildman–Crippen LogP) is 3.14. The highest BCUT2D eigenvalue weighted by Crippen LogP contribution is 2.42. The van der Waals surface area contributed by atoms with Crippen LogP contribution in [0.5, 0.6) is 0 Å². The first kappa shape index (κ1) is 10.8. The average molecular weight is 182 g/mol. The van der Waals surface area contributed by atoms with Crippen LogP contribution in [0.25, 0.3) is 0 Å². The van der Waals surface area contributed by atoms with E-state index in [4.69, 9.17) is 0 Å². The summed E-state index contributed by atoms with van der Waals surface area (Å²) in [6.45, 7) is 10.4. The zero-order valence-corrected chi connectivity index (χ0v) is 9.14. The molecule has 13 heavy (non-hydrogen) atoms. The molecule has 2 atom stereocenters. The minimum absolute atomic E-state index is 0.366. The van der Waals surface area contributed by atoms with Gasteiger partial charge in [-0.3, -0.25) is 0 Å². The maximum absolute atomic E-state index is 10.5. The van der Waals surface area contributed by atoms with Crippen molar-refractivity contribution in [2.45, 2.75) is 52.1 Å². The van der Waals surface area contributed by atoms with Crippen LogP contribution < -0.4 is 0 Å². The molecule has 1 heteroatoms. The van der Waals surface area contributed by atoms with Gasteiger partial charge in [0, 0.05) is 0 Å². The predicted molar refractivity (Wildman–Crippen MR) is 56.6 cm³/mol. The summed E-state index contributed by atoms with van der Waals surface area (Å²) in [5.74, 6) is 0.791. The van der Waals surface area contributed by atoms with Crippen molar-refractivity contribution < 1.29 is 5.11 Å². The quantitative estimate of drug-likeness (QED) is 0.650. The summed E-state index contributed by atoms with van der Waals surface area (Å²) in [7, 11) is 0. The minimum Gasteiger partial charge on any atom is -0.389 e. The van der Waals surface area contributed by atoms with E-state index < -0.39 is 5.60 Å². The zero-order valence-electron chi connectivity index (χ0n) is 9.14. The Kier molecular flexibility index (Phi) is 3.18. The molecule has 0 radical (unpaired) electrons. The van der Waals surface area contributed by atoms with Gasteiger partial charge in [-0.2, -0.15) is 0 Å². The summed E-state index contributed by atoms with van der Waals surface area (Å²) in [6.07, 6.45) is 3.99. The van der Waals surface area contributed by atoms with Gasteiger partial charge in [0.05, 0.1) is 5.60 Å². The van der Waals surface area contributed by atoms with Crippen molar-refractivity contribution in [1.29, 1.82) is 0 Å². The van der Waals surface area contributed by atoms with E-state index in [9.17, 15) is 5.11 Å². The highest BCUT2D eigenvalue weighted by atomic mass is 16.3. The van der Waals surface area contributed by atoms with Crippen LogP contribution in [0, 0.1) is 11.8 Å². The van der Waals surface area contributed by atoms with Crippen molar-refractivity contribution >= 4 is 0 Å². The SMILES string of the molecule is C=C1CCC(O)(C(C)C)C(CC)C1. The third-order valence-electron chi connectivity index (χ3n) is 3.61. The van der Waals surface area contributed by atoms with Gasteiger partial charge < -0.3 is 5.11 Å². The van der Waals surface area contributed by atoms with Gasteiger partial charge in [-0.25, -0.2) is 0 Å². The summed E-state index contributed by atoms with van der Waals surface area (Å²) >= 11 is 0. The lowest BCUT2D eigenvalue weighted by Gasteiger charge is -2.43. The molecule has 2 unspecified atom stereocenters. The van der Waals surface area contributed by atoms with Crippen LogP contribution in [0.2, 0.25) is 0 Å². The number of hydrogen-bond donors (Lipinski definition) is 1. The molecule has 1 N–H and O–H groups in total. The van der Waals surface area contributed by atoms with Crippen molar-refractivity contribution in [3.8, 4) is 0 Å². The van der Waals surface area contributed by atoms with E-state index in [1.54, 1.807) is 0 Å². The van der Waals surface area contributed by atoms with Gasteiger partial charge in [0.1, 0.15) is 0 Å². The van der Waals surface area contributed by atoms with Crippen molar-refractivity contribution in [1.82, 2.24) is 0 Å². The lowest BCUT2D eigenvalue weighted by Crippen LogP contribution is -2.45. The Morgan fingerprint density at radius 3 is 2.69 bits per heavy atom. The number of aliphatic hydroxyl groups is 1. The van der Waals surface area contributed by atoms with Crippen LogP contribution in [0.4, 0.5) is 0 Å². The molecular formula is C12H22O. The Balaban J connectivity index is 2.78. The fraction of sp³-hybridized carbons (Fsp3) is 0.833. The lowest BCUT2D eigenvalue weighted by molar-refractivity contribution is -0.0762. The molecule has 1 fully saturated rings. The molecule has 1 aliphatic rings. The maximum atomic E-state index is 10.5. The fourth-order valence-corrected chi connectivity index (χ4v) is 2.47.